The number of amides is 2. The summed E-state index contributed by atoms with van der Waals surface area (Å²) >= 11 is 6.22. The zero-order chi connectivity index (χ0) is 23.5. The molecule has 0 bridgehead atoms. The molecule has 2 aliphatic rings. The molecule has 2 saturated heterocycles. The molecule has 10 heteroatoms. The third-order valence-corrected chi connectivity index (χ3v) is 6.46. The Bertz CT molecular complexity index is 1040. The normalized spacial score (nSPS) is 18.0. The summed E-state index contributed by atoms with van der Waals surface area (Å²) in [6.45, 7) is 7.36. The highest BCUT2D eigenvalue weighted by Crippen LogP contribution is 2.29. The molecule has 2 aromatic rings. The van der Waals surface area contributed by atoms with Gasteiger partial charge < -0.3 is 10.2 Å². The Balaban J connectivity index is 1.40. The number of hydrogen-bond acceptors (Lipinski definition) is 6. The second-order valence-electron chi connectivity index (χ2n) is 8.51. The Labute approximate surface area is 197 Å². The molecule has 0 radical (unpaired) electrons. The Morgan fingerprint density at radius 3 is 2.64 bits per heavy atom. The van der Waals surface area contributed by atoms with Gasteiger partial charge in [-0.1, -0.05) is 23.7 Å². The van der Waals surface area contributed by atoms with Crippen LogP contribution in [0, 0.1) is 5.82 Å². The molecule has 1 unspecified atom stereocenters. The molecule has 2 aliphatic heterocycles. The van der Waals surface area contributed by atoms with E-state index < -0.39 is 0 Å². The van der Waals surface area contributed by atoms with Gasteiger partial charge in [0, 0.05) is 58.2 Å². The number of anilines is 2. The maximum absolute atomic E-state index is 14.9. The molecule has 2 amide bonds. The molecule has 4 rings (SSSR count). The highest BCUT2D eigenvalue weighted by atomic mass is 35.5. The van der Waals surface area contributed by atoms with E-state index in [1.807, 2.05) is 17.9 Å². The number of aromatic nitrogens is 2. The van der Waals surface area contributed by atoms with Gasteiger partial charge in [0.25, 0.3) is 0 Å². The zero-order valence-corrected chi connectivity index (χ0v) is 19.6. The molecule has 0 aliphatic carbocycles. The van der Waals surface area contributed by atoms with E-state index in [0.29, 0.717) is 55.0 Å². The van der Waals surface area contributed by atoms with Crippen molar-refractivity contribution >= 4 is 35.2 Å². The number of nitrogens with zero attached hydrogens (tertiary/aromatic N) is 5. The number of benzene rings is 1. The lowest BCUT2D eigenvalue weighted by Crippen LogP contribution is -2.47. The van der Waals surface area contributed by atoms with Crippen LogP contribution in [0.15, 0.2) is 24.4 Å². The lowest BCUT2D eigenvalue weighted by molar-refractivity contribution is -0.130. The summed E-state index contributed by atoms with van der Waals surface area (Å²) in [7, 11) is 0. The smallest absolute Gasteiger partial charge is 0.228 e. The maximum atomic E-state index is 14.9. The molecule has 1 aromatic heterocycles. The SMILES string of the molecule is CC(=O)N1CCN(Cc2ccc(C(C)Nc3ncc(Cl)c(N4CCCC4=O)n3)cc2F)CC1. The molecule has 3 heterocycles. The fraction of sp³-hybridized carbons (Fsp3) is 0.478. The molecule has 33 heavy (non-hydrogen) atoms. The molecule has 1 N–H and O–H groups in total. The van der Waals surface area contributed by atoms with Crippen molar-refractivity contribution in [2.45, 2.75) is 39.3 Å². The lowest BCUT2D eigenvalue weighted by atomic mass is 10.0. The quantitative estimate of drug-likeness (QED) is 0.692. The summed E-state index contributed by atoms with van der Waals surface area (Å²) in [6, 6.07) is 4.97. The monoisotopic (exact) mass is 474 g/mol. The molecule has 1 aromatic carbocycles. The van der Waals surface area contributed by atoms with E-state index in [4.69, 9.17) is 11.6 Å². The Hall–Kier alpha value is -2.78. The summed E-state index contributed by atoms with van der Waals surface area (Å²) in [6.07, 6.45) is 2.73. The predicted molar refractivity (Wildman–Crippen MR) is 125 cm³/mol. The molecular weight excluding hydrogens is 447 g/mol. The molecule has 1 atom stereocenters. The predicted octanol–water partition coefficient (Wildman–Crippen LogP) is 3.23. The van der Waals surface area contributed by atoms with Gasteiger partial charge in [-0.15, -0.1) is 0 Å². The molecule has 0 saturated carbocycles. The van der Waals surface area contributed by atoms with E-state index in [9.17, 15) is 14.0 Å². The fourth-order valence-corrected chi connectivity index (χ4v) is 4.38. The van der Waals surface area contributed by atoms with Gasteiger partial charge in [0.05, 0.1) is 12.2 Å². The molecule has 2 fully saturated rings. The largest absolute Gasteiger partial charge is 0.348 e. The number of halogens is 2. The first-order chi connectivity index (χ1) is 15.8. The number of rotatable bonds is 6. The standard InChI is InChI=1S/C23H28ClFN6O2/c1-15(27-23-26-13-19(24)22(28-23)31-7-3-4-21(31)33)17-5-6-18(20(25)12-17)14-29-8-10-30(11-9-29)16(2)32/h5-6,12-13,15H,3-4,7-11,14H2,1-2H3,(H,26,27,28). The van der Waals surface area contributed by atoms with Crippen molar-refractivity contribution < 1.29 is 14.0 Å². The van der Waals surface area contributed by atoms with Crippen LogP contribution in [0.2, 0.25) is 5.02 Å². The Kier molecular flexibility index (Phi) is 7.09. The Morgan fingerprint density at radius 2 is 2.00 bits per heavy atom. The van der Waals surface area contributed by atoms with Crippen LogP contribution in [0.25, 0.3) is 0 Å². The summed E-state index contributed by atoms with van der Waals surface area (Å²) in [5, 5.41) is 3.50. The molecular formula is C23H28ClFN6O2. The minimum atomic E-state index is -0.268. The second kappa shape index (κ2) is 10.0. The van der Waals surface area contributed by atoms with Gasteiger partial charge in [0.1, 0.15) is 10.8 Å². The van der Waals surface area contributed by atoms with Crippen molar-refractivity contribution in [2.24, 2.45) is 0 Å². The fourth-order valence-electron chi connectivity index (χ4n) is 4.19. The minimum absolute atomic E-state index is 0.00466. The first-order valence-electron chi connectivity index (χ1n) is 11.2. The summed E-state index contributed by atoms with van der Waals surface area (Å²) in [5.41, 5.74) is 1.38. The second-order valence-corrected chi connectivity index (χ2v) is 8.92. The lowest BCUT2D eigenvalue weighted by Gasteiger charge is -2.34. The van der Waals surface area contributed by atoms with Crippen LogP contribution in [-0.4, -0.2) is 64.3 Å². The van der Waals surface area contributed by atoms with Crippen LogP contribution in [0.5, 0.6) is 0 Å². The molecule has 176 valence electrons. The molecule has 0 spiro atoms. The van der Waals surface area contributed by atoms with Crippen molar-refractivity contribution in [1.82, 2.24) is 19.8 Å². The molecule has 8 nitrogen and oxygen atoms in total. The van der Waals surface area contributed by atoms with Crippen molar-refractivity contribution in [2.75, 3.05) is 42.9 Å². The average molecular weight is 475 g/mol. The van der Waals surface area contributed by atoms with Crippen LogP contribution in [0.3, 0.4) is 0 Å². The van der Waals surface area contributed by atoms with E-state index >= 15 is 0 Å². The van der Waals surface area contributed by atoms with Crippen LogP contribution < -0.4 is 10.2 Å². The first kappa shape index (κ1) is 23.4. The minimum Gasteiger partial charge on any atom is -0.348 e. The van der Waals surface area contributed by atoms with Crippen LogP contribution >= 0.6 is 11.6 Å². The van der Waals surface area contributed by atoms with Gasteiger partial charge in [-0.25, -0.2) is 9.37 Å². The van der Waals surface area contributed by atoms with E-state index in [2.05, 4.69) is 20.2 Å². The van der Waals surface area contributed by atoms with Crippen molar-refractivity contribution in [3.8, 4) is 0 Å². The topological polar surface area (TPSA) is 81.7 Å². The van der Waals surface area contributed by atoms with Crippen molar-refractivity contribution in [3.05, 3.63) is 46.4 Å². The van der Waals surface area contributed by atoms with Crippen LogP contribution in [-0.2, 0) is 16.1 Å². The number of carbonyl (C=O) groups is 2. The Morgan fingerprint density at radius 1 is 1.24 bits per heavy atom. The number of carbonyl (C=O) groups excluding carboxylic acids is 2. The summed E-state index contributed by atoms with van der Waals surface area (Å²) in [5.74, 6) is 0.533. The van der Waals surface area contributed by atoms with E-state index in [0.717, 1.165) is 25.1 Å². The van der Waals surface area contributed by atoms with Gasteiger partial charge >= 0.3 is 0 Å². The van der Waals surface area contributed by atoms with E-state index in [-0.39, 0.29) is 23.7 Å². The van der Waals surface area contributed by atoms with Gasteiger partial charge in [-0.3, -0.25) is 19.4 Å². The van der Waals surface area contributed by atoms with E-state index in [1.165, 1.54) is 12.3 Å². The third-order valence-electron chi connectivity index (χ3n) is 6.19. The van der Waals surface area contributed by atoms with Gasteiger partial charge in [-0.2, -0.15) is 4.98 Å². The third kappa shape index (κ3) is 5.42. The summed E-state index contributed by atoms with van der Waals surface area (Å²) < 4.78 is 14.9. The zero-order valence-electron chi connectivity index (χ0n) is 18.9. The highest BCUT2D eigenvalue weighted by molar-refractivity contribution is 6.33. The van der Waals surface area contributed by atoms with Crippen LogP contribution in [0.4, 0.5) is 16.2 Å². The van der Waals surface area contributed by atoms with E-state index in [1.54, 1.807) is 17.9 Å². The number of nitrogens with one attached hydrogen (secondary N) is 1. The first-order valence-corrected chi connectivity index (χ1v) is 11.5. The van der Waals surface area contributed by atoms with Crippen molar-refractivity contribution in [3.63, 3.8) is 0 Å². The van der Waals surface area contributed by atoms with Gasteiger partial charge in [-0.05, 0) is 25.0 Å². The number of piperazine rings is 1. The maximum Gasteiger partial charge on any atom is 0.228 e. The number of hydrogen-bond donors (Lipinski definition) is 1. The summed E-state index contributed by atoms with van der Waals surface area (Å²) in [4.78, 5) is 37.7. The van der Waals surface area contributed by atoms with Gasteiger partial charge in [0.2, 0.25) is 17.8 Å². The highest BCUT2D eigenvalue weighted by Gasteiger charge is 2.26. The average Bonchev–Trinajstić information content (AvgIpc) is 3.22. The van der Waals surface area contributed by atoms with Crippen molar-refractivity contribution in [1.29, 1.82) is 0 Å². The van der Waals surface area contributed by atoms with Crippen LogP contribution in [0.1, 0.15) is 43.9 Å². The van der Waals surface area contributed by atoms with Gasteiger partial charge in [0.15, 0.2) is 5.82 Å².